The monoisotopic (exact) mass is 421 g/mol. The summed E-state index contributed by atoms with van der Waals surface area (Å²) in [6, 6.07) is 14.0. The lowest BCUT2D eigenvalue weighted by Crippen LogP contribution is -2.36. The second-order valence-corrected chi connectivity index (χ2v) is 8.35. The van der Waals surface area contributed by atoms with Crippen molar-refractivity contribution in [2.75, 3.05) is 38.3 Å². The van der Waals surface area contributed by atoms with Crippen LogP contribution >= 0.6 is 35.5 Å². The first kappa shape index (κ1) is 21.7. The van der Waals surface area contributed by atoms with Crippen LogP contribution in [0.5, 0.6) is 0 Å². The molecule has 144 valence electrons. The van der Waals surface area contributed by atoms with Gasteiger partial charge in [0.25, 0.3) is 5.91 Å². The third-order valence-corrected chi connectivity index (χ3v) is 5.86. The van der Waals surface area contributed by atoms with E-state index >= 15 is 0 Å². The fraction of sp³-hybridized carbons (Fsp3) is 0.300. The molecule has 3 rings (SSSR count). The van der Waals surface area contributed by atoms with Crippen molar-refractivity contribution >= 4 is 56.8 Å². The number of hydrogen-bond donors (Lipinski definition) is 0. The van der Waals surface area contributed by atoms with Crippen molar-refractivity contribution in [1.29, 1.82) is 0 Å². The number of amides is 1. The minimum atomic E-state index is -0.00136. The first-order chi connectivity index (χ1) is 12.5. The van der Waals surface area contributed by atoms with Crippen molar-refractivity contribution < 1.29 is 4.79 Å². The smallest absolute Gasteiger partial charge is 0.260 e. The Morgan fingerprint density at radius 1 is 1.15 bits per heavy atom. The van der Waals surface area contributed by atoms with Crippen LogP contribution in [0.15, 0.2) is 47.4 Å². The molecular weight excluding hydrogens is 398 g/mol. The average molecular weight is 422 g/mol. The second-order valence-electron chi connectivity index (χ2n) is 6.46. The molecule has 0 spiro atoms. The van der Waals surface area contributed by atoms with Gasteiger partial charge < -0.3 is 4.90 Å². The molecule has 0 saturated carbocycles. The average Bonchev–Trinajstić information content (AvgIpc) is 3.04. The van der Waals surface area contributed by atoms with E-state index in [0.717, 1.165) is 26.8 Å². The summed E-state index contributed by atoms with van der Waals surface area (Å²) >= 11 is 3.21. The lowest BCUT2D eigenvalue weighted by atomic mass is 10.2. The van der Waals surface area contributed by atoms with Crippen LogP contribution in [-0.4, -0.2) is 49.2 Å². The van der Waals surface area contributed by atoms with Gasteiger partial charge in [0.15, 0.2) is 5.13 Å². The topological polar surface area (TPSA) is 36.4 Å². The van der Waals surface area contributed by atoms with E-state index in [1.165, 1.54) is 5.56 Å². The number of carbonyl (C=O) groups excluding carboxylic acids is 1. The zero-order valence-electron chi connectivity index (χ0n) is 15.9. The van der Waals surface area contributed by atoms with E-state index in [0.29, 0.717) is 12.1 Å². The Kier molecular flexibility index (Phi) is 7.68. The molecule has 0 saturated heterocycles. The summed E-state index contributed by atoms with van der Waals surface area (Å²) in [7, 11) is 4.03. The van der Waals surface area contributed by atoms with Crippen molar-refractivity contribution in [2.24, 2.45) is 0 Å². The molecule has 4 nitrogen and oxygen atoms in total. The molecule has 0 aliphatic carbocycles. The minimum absolute atomic E-state index is 0. The van der Waals surface area contributed by atoms with Crippen molar-refractivity contribution in [3.05, 3.63) is 53.6 Å². The number of thioether (sulfide) groups is 1. The SMILES string of the molecule is CSc1cccc(C(=O)N(CCN(C)C)c2nc3ccc(C)cc3s2)c1.Cl. The highest BCUT2D eigenvalue weighted by molar-refractivity contribution is 7.98. The van der Waals surface area contributed by atoms with E-state index in [1.54, 1.807) is 28.0 Å². The van der Waals surface area contributed by atoms with Gasteiger partial charge in [-0.05, 0) is 63.2 Å². The fourth-order valence-electron chi connectivity index (χ4n) is 2.63. The van der Waals surface area contributed by atoms with E-state index in [4.69, 9.17) is 4.98 Å². The number of likely N-dealkylation sites (N-methyl/N-ethyl adjacent to an activating group) is 1. The molecule has 0 aliphatic rings. The Labute approximate surface area is 175 Å². The Morgan fingerprint density at radius 3 is 2.63 bits per heavy atom. The van der Waals surface area contributed by atoms with Crippen molar-refractivity contribution in [3.63, 3.8) is 0 Å². The second kappa shape index (κ2) is 9.55. The van der Waals surface area contributed by atoms with Crippen molar-refractivity contribution in [3.8, 4) is 0 Å². The van der Waals surface area contributed by atoms with E-state index in [-0.39, 0.29) is 18.3 Å². The summed E-state index contributed by atoms with van der Waals surface area (Å²) in [4.78, 5) is 22.9. The fourth-order valence-corrected chi connectivity index (χ4v) is 4.18. The molecular formula is C20H24ClN3OS2. The third-order valence-electron chi connectivity index (χ3n) is 4.10. The molecule has 0 N–H and O–H groups in total. The lowest BCUT2D eigenvalue weighted by Gasteiger charge is -2.22. The van der Waals surface area contributed by atoms with Gasteiger partial charge in [-0.1, -0.05) is 23.5 Å². The Hall–Kier alpha value is -1.60. The molecule has 2 aromatic carbocycles. The predicted octanol–water partition coefficient (Wildman–Crippen LogP) is 4.96. The minimum Gasteiger partial charge on any atom is -0.308 e. The van der Waals surface area contributed by atoms with Gasteiger partial charge in [0.2, 0.25) is 0 Å². The van der Waals surface area contributed by atoms with E-state index in [2.05, 4.69) is 24.0 Å². The van der Waals surface area contributed by atoms with Gasteiger partial charge in [-0.2, -0.15) is 0 Å². The maximum atomic E-state index is 13.2. The highest BCUT2D eigenvalue weighted by atomic mass is 35.5. The molecule has 0 fully saturated rings. The van der Waals surface area contributed by atoms with Crippen LogP contribution in [0.4, 0.5) is 5.13 Å². The van der Waals surface area contributed by atoms with Gasteiger partial charge >= 0.3 is 0 Å². The number of anilines is 1. The molecule has 0 radical (unpaired) electrons. The molecule has 1 heterocycles. The largest absolute Gasteiger partial charge is 0.308 e. The summed E-state index contributed by atoms with van der Waals surface area (Å²) in [6.07, 6.45) is 2.02. The van der Waals surface area contributed by atoms with Gasteiger partial charge in [-0.25, -0.2) is 4.98 Å². The summed E-state index contributed by atoms with van der Waals surface area (Å²) in [5.74, 6) is -0.00136. The van der Waals surface area contributed by atoms with Crippen LogP contribution in [0.3, 0.4) is 0 Å². The molecule has 0 unspecified atom stereocenters. The number of rotatable bonds is 6. The van der Waals surface area contributed by atoms with Gasteiger partial charge in [0.05, 0.1) is 10.2 Å². The van der Waals surface area contributed by atoms with Crippen LogP contribution in [0, 0.1) is 6.92 Å². The van der Waals surface area contributed by atoms with Gasteiger partial charge in [-0.3, -0.25) is 9.69 Å². The zero-order valence-corrected chi connectivity index (χ0v) is 18.4. The first-order valence-electron chi connectivity index (χ1n) is 8.46. The van der Waals surface area contributed by atoms with E-state index < -0.39 is 0 Å². The number of benzene rings is 2. The van der Waals surface area contributed by atoms with Crippen LogP contribution < -0.4 is 4.90 Å². The predicted molar refractivity (Wildman–Crippen MR) is 120 cm³/mol. The quantitative estimate of drug-likeness (QED) is 0.527. The van der Waals surface area contributed by atoms with E-state index in [1.807, 2.05) is 50.7 Å². The van der Waals surface area contributed by atoms with Crippen molar-refractivity contribution in [1.82, 2.24) is 9.88 Å². The third kappa shape index (κ3) is 5.23. The number of nitrogens with zero attached hydrogens (tertiary/aromatic N) is 3. The summed E-state index contributed by atoms with van der Waals surface area (Å²) in [5.41, 5.74) is 2.84. The molecule has 7 heteroatoms. The van der Waals surface area contributed by atoms with Gasteiger partial charge in [0.1, 0.15) is 0 Å². The number of hydrogen-bond acceptors (Lipinski definition) is 5. The van der Waals surface area contributed by atoms with Gasteiger partial charge in [-0.15, -0.1) is 24.2 Å². The number of carbonyl (C=O) groups is 1. The Balaban J connectivity index is 0.00000261. The first-order valence-corrected chi connectivity index (χ1v) is 10.5. The summed E-state index contributed by atoms with van der Waals surface area (Å²) < 4.78 is 1.11. The Bertz CT molecular complexity index is 926. The Morgan fingerprint density at radius 2 is 1.93 bits per heavy atom. The maximum absolute atomic E-state index is 13.2. The molecule has 0 atom stereocenters. The molecule has 27 heavy (non-hydrogen) atoms. The highest BCUT2D eigenvalue weighted by Crippen LogP contribution is 2.30. The highest BCUT2D eigenvalue weighted by Gasteiger charge is 2.21. The molecule has 0 bridgehead atoms. The van der Waals surface area contributed by atoms with Gasteiger partial charge in [0, 0.05) is 23.5 Å². The molecule has 1 amide bonds. The van der Waals surface area contributed by atoms with Crippen LogP contribution in [0.1, 0.15) is 15.9 Å². The number of thiazole rings is 1. The number of aryl methyl sites for hydroxylation is 1. The summed E-state index contributed by atoms with van der Waals surface area (Å²) in [5, 5.41) is 0.756. The van der Waals surface area contributed by atoms with Crippen molar-refractivity contribution in [2.45, 2.75) is 11.8 Å². The van der Waals surface area contributed by atoms with Crippen LogP contribution in [0.2, 0.25) is 0 Å². The number of fused-ring (bicyclic) bond motifs is 1. The molecule has 3 aromatic rings. The van der Waals surface area contributed by atoms with Crippen LogP contribution in [-0.2, 0) is 0 Å². The normalized spacial score (nSPS) is 10.9. The molecule has 0 aliphatic heterocycles. The lowest BCUT2D eigenvalue weighted by molar-refractivity contribution is 0.0985. The standard InChI is InChI=1S/C20H23N3OS2.ClH/c1-14-8-9-17-18(12-14)26-20(21-17)23(11-10-22(2)3)19(24)15-6-5-7-16(13-15)25-4;/h5-9,12-13H,10-11H2,1-4H3;1H. The summed E-state index contributed by atoms with van der Waals surface area (Å²) in [6.45, 7) is 3.46. The number of aromatic nitrogens is 1. The zero-order chi connectivity index (χ0) is 18.7. The van der Waals surface area contributed by atoms with Crippen LogP contribution in [0.25, 0.3) is 10.2 Å². The number of halogens is 1. The molecule has 1 aromatic heterocycles. The van der Waals surface area contributed by atoms with E-state index in [9.17, 15) is 4.79 Å². The maximum Gasteiger partial charge on any atom is 0.260 e.